The molecule has 2 unspecified atom stereocenters. The number of alkyl halides is 3. The molecule has 4 N–H and O–H groups in total. The number of ether oxygens (including phenoxy) is 1. The zero-order chi connectivity index (χ0) is 96.7. The maximum Gasteiger partial charge on any atom is 0.400 e. The fourth-order valence-electron chi connectivity index (χ4n) is 17.8. The van der Waals surface area contributed by atoms with E-state index in [1.807, 2.05) is 98.0 Å². The lowest BCUT2D eigenvalue weighted by molar-refractivity contribution is -0.105. The van der Waals surface area contributed by atoms with E-state index in [-0.39, 0.29) is 73.9 Å². The molecule has 0 saturated carbocycles. The largest absolute Gasteiger partial charge is 0.466 e. The molecule has 0 spiro atoms. The van der Waals surface area contributed by atoms with Crippen LogP contribution in [0.15, 0.2) is 263 Å². The first-order valence-corrected chi connectivity index (χ1v) is 50.6. The highest BCUT2D eigenvalue weighted by atomic mass is 32.2. The van der Waals surface area contributed by atoms with E-state index < -0.39 is 53.4 Å². The maximum atomic E-state index is 14.2. The highest BCUT2D eigenvalue weighted by Crippen LogP contribution is 2.37. The van der Waals surface area contributed by atoms with Gasteiger partial charge in [-0.3, -0.25) is 32.3 Å². The molecule has 38 heteroatoms. The van der Waals surface area contributed by atoms with Crippen molar-refractivity contribution in [3.05, 3.63) is 307 Å². The Labute approximate surface area is 801 Å². The number of nitrogens with zero attached hydrogens (tertiary/aromatic N) is 16. The molecule has 10 aromatic heterocycles. The number of furan rings is 2. The number of hydrogen-bond acceptors (Lipinski definition) is 28. The highest BCUT2D eigenvalue weighted by Gasteiger charge is 2.35. The van der Waals surface area contributed by atoms with E-state index in [0.29, 0.717) is 92.5 Å². The van der Waals surface area contributed by atoms with Crippen molar-refractivity contribution >= 4 is 138 Å². The van der Waals surface area contributed by atoms with Crippen molar-refractivity contribution in [3.63, 3.8) is 0 Å². The van der Waals surface area contributed by atoms with Crippen molar-refractivity contribution in [1.82, 2.24) is 72.9 Å². The lowest BCUT2D eigenvalue weighted by atomic mass is 9.88. The summed E-state index contributed by atoms with van der Waals surface area (Å²) in [5, 5.41) is 19.7. The number of pyridine rings is 3. The summed E-state index contributed by atoms with van der Waals surface area (Å²) in [6.07, 6.45) is 11.7. The predicted molar refractivity (Wildman–Crippen MR) is 532 cm³/mol. The minimum absolute atomic E-state index is 0.0366. The number of aryl methyl sites for hydroxylation is 1. The van der Waals surface area contributed by atoms with E-state index >= 15 is 0 Å². The normalized spacial score (nSPS) is 15.7. The fourth-order valence-corrected chi connectivity index (χ4v) is 22.1. The first kappa shape index (κ1) is 96.2. The van der Waals surface area contributed by atoms with Crippen LogP contribution in [-0.2, 0) is 55.0 Å². The number of piperidine rings is 2. The summed E-state index contributed by atoms with van der Waals surface area (Å²) in [7, 11) is -4.11. The zero-order valence-electron chi connectivity index (χ0n) is 77.0. The van der Waals surface area contributed by atoms with Crippen LogP contribution in [0.5, 0.6) is 0 Å². The molecule has 138 heavy (non-hydrogen) atoms. The quantitative estimate of drug-likeness (QED) is 0.0371. The first-order valence-electron chi connectivity index (χ1n) is 45.4. The molecule has 31 nitrogen and oxygen atoms in total. The number of likely N-dealkylation sites (N-methyl/N-ethyl adjacent to an activating group) is 1. The van der Waals surface area contributed by atoms with Crippen LogP contribution in [-0.4, -0.2) is 193 Å². The summed E-state index contributed by atoms with van der Waals surface area (Å²) < 4.78 is 127. The van der Waals surface area contributed by atoms with Crippen LogP contribution in [0, 0.1) is 12.8 Å². The van der Waals surface area contributed by atoms with Gasteiger partial charge in [0.25, 0.3) is 36.5 Å². The number of likely N-dealkylation sites (tertiary alicyclic amines) is 2. The van der Waals surface area contributed by atoms with Crippen LogP contribution in [0.2, 0.25) is 0 Å². The second kappa shape index (κ2) is 41.8. The number of nitrogens with one attached hydrogen (secondary N) is 4. The minimum atomic E-state index is -4.64. The van der Waals surface area contributed by atoms with Gasteiger partial charge in [-0.25, -0.2) is 36.8 Å². The van der Waals surface area contributed by atoms with E-state index in [1.165, 1.54) is 55.2 Å². The Hall–Kier alpha value is -13.5. The van der Waals surface area contributed by atoms with Gasteiger partial charge in [0, 0.05) is 144 Å². The number of anilines is 9. The van der Waals surface area contributed by atoms with E-state index in [4.69, 9.17) is 23.5 Å². The van der Waals surface area contributed by atoms with Gasteiger partial charge in [-0.05, 0) is 235 Å². The average Bonchev–Trinajstić information content (AvgIpc) is 1.28. The third-order valence-electron chi connectivity index (χ3n) is 25.3. The number of allylic oxidation sites excluding steroid dienone is 1. The van der Waals surface area contributed by atoms with Gasteiger partial charge in [0.2, 0.25) is 27.3 Å². The fraction of sp³-hybridized carbons (Fsp3) is 0.310. The van der Waals surface area contributed by atoms with Gasteiger partial charge in [-0.1, -0.05) is 86.0 Å². The van der Waals surface area contributed by atoms with Crippen LogP contribution < -0.4 is 47.7 Å². The second-order valence-electron chi connectivity index (χ2n) is 35.0. The van der Waals surface area contributed by atoms with E-state index in [9.17, 15) is 48.6 Å². The van der Waals surface area contributed by atoms with Gasteiger partial charge in [-0.15, -0.1) is 11.3 Å². The van der Waals surface area contributed by atoms with Crippen LogP contribution >= 0.6 is 11.3 Å². The molecular weight excluding hydrogens is 1840 g/mol. The molecule has 2 atom stereocenters. The number of para-hydroxylation sites is 1. The summed E-state index contributed by atoms with van der Waals surface area (Å²) in [5.74, 6) is 0.406. The summed E-state index contributed by atoms with van der Waals surface area (Å²) in [5.41, 5.74) is 11.6. The molecule has 4 fully saturated rings. The number of piperazine rings is 1. The number of thiazole rings is 1. The maximum absolute atomic E-state index is 14.2. The molecule has 0 aliphatic carbocycles. The standard InChI is InChI=1S/C34H32F3N5O3S.C34H33N7O4S2.C32H40N8O4S/c1-22(23-7-4-3-5-8-23)28-17-26-18-38-33(39-27-12-10-24(11-13-27)25-9-6-15-41(2)19-25)40-31(26)42(32(28)43)20-29-30(14-16-45-29)46(44)21-34(35,36)37;1-39-16-12-24(13-17-39)23-8-10-27(11-9-23)37-33-36-21-26-20-29(40(2)28-6-4-3-5-7-28)31(42)41(30(26)38-33)22-25-14-18-45-32(25)47(43,44)34-35-15-19-46-34;1-21(2)45(42,43)40-27(7-10-35-40)20-39-30-25(18-28(31(39)41)23(4)24-8-15-44-16-9-24)19-34-32(37-30)36-26-5-6-29(22(3)17-26)38-13-11-33-12-14-38/h3-5,7-8,10-14,16-18,25H,1,6,9,15,19-21H2,2H3,(H,38,39,40);3-11,14-15,18-21,24H,12-13,16-17,22H2,1-2H3,(H,36,37,38);5-7,10,17-19,21,24,33H,4,8-9,11-16,20H2,1-3H3,(H,34,36,37). The summed E-state index contributed by atoms with van der Waals surface area (Å²) in [6.45, 7) is 22.6. The lowest BCUT2D eigenvalue weighted by Crippen LogP contribution is -2.43. The molecule has 0 bridgehead atoms. The molecule has 4 aliphatic rings. The number of hydrogen-bond donors (Lipinski definition) is 4. The summed E-state index contributed by atoms with van der Waals surface area (Å²) >= 11 is 0.999. The third kappa shape index (κ3) is 21.7. The first-order chi connectivity index (χ1) is 66.5. The Balaban J connectivity index is 0.000000143. The number of fused-ring (bicyclic) bond motifs is 3. The van der Waals surface area contributed by atoms with Gasteiger partial charge in [0.15, 0.2) is 0 Å². The molecule has 0 radical (unpaired) electrons. The SMILES string of the molecule is C=C(c1cc2cnc(Nc3ccc(N4CCNCC4)c(C)c3)nc2n(Cc2ccnn2S(=O)(=O)C(C)C)c1=O)C1CCOCC1.C=C(c1ccccc1)c1cc2cnc(Nc3ccc(C4CCCN(C)C4)cc3)nc2n(Cc2occc2S(=O)CC(F)(F)F)c1=O.CN1CCC(c2ccc(Nc3ncc4cc(N(C)c5ccccc5)c(=O)n(Cc5ccoc5S(=O)(=O)c5nccs5)c4n3)cc2)CC1. The van der Waals surface area contributed by atoms with Gasteiger partial charge < -0.3 is 54.4 Å². The number of benzene rings is 5. The topological polar surface area (TPSA) is 356 Å². The molecule has 5 aromatic carbocycles. The number of rotatable bonds is 27. The molecule has 4 saturated heterocycles. The van der Waals surface area contributed by atoms with Crippen molar-refractivity contribution in [2.75, 3.05) is 118 Å². The Morgan fingerprint density at radius 1 is 0.616 bits per heavy atom. The number of sulfone groups is 1. The van der Waals surface area contributed by atoms with Gasteiger partial charge in [0.05, 0.1) is 65.0 Å². The van der Waals surface area contributed by atoms with Crippen molar-refractivity contribution in [3.8, 4) is 0 Å². The lowest BCUT2D eigenvalue weighted by Gasteiger charge is -2.30. The monoisotopic (exact) mass is 1950 g/mol. The van der Waals surface area contributed by atoms with Gasteiger partial charge in [0.1, 0.15) is 34.1 Å². The minimum Gasteiger partial charge on any atom is -0.466 e. The van der Waals surface area contributed by atoms with Crippen molar-refractivity contribution < 1.29 is 47.8 Å². The second-order valence-corrected chi connectivity index (χ2v) is 41.7. The molecule has 14 heterocycles. The Morgan fingerprint density at radius 3 is 1.79 bits per heavy atom. The van der Waals surface area contributed by atoms with E-state index in [2.05, 4.69) is 137 Å². The zero-order valence-corrected chi connectivity index (χ0v) is 80.3. The third-order valence-corrected chi connectivity index (χ3v) is 31.7. The molecule has 15 aromatic rings. The molecule has 4 aliphatic heterocycles. The molecule has 19 rings (SSSR count). The van der Waals surface area contributed by atoms with Crippen molar-refractivity contribution in [1.29, 1.82) is 0 Å². The van der Waals surface area contributed by atoms with Crippen molar-refractivity contribution in [2.45, 2.75) is 117 Å². The average molecular weight is 1950 g/mol. The number of aromatic nitrogens is 12. The predicted octanol–water partition coefficient (Wildman–Crippen LogP) is 16.3. The van der Waals surface area contributed by atoms with Crippen LogP contribution in [0.4, 0.5) is 65.1 Å². The van der Waals surface area contributed by atoms with E-state index in [0.717, 1.165) is 152 Å². The highest BCUT2D eigenvalue weighted by molar-refractivity contribution is 7.93. The van der Waals surface area contributed by atoms with Crippen LogP contribution in [0.3, 0.4) is 0 Å². The van der Waals surface area contributed by atoms with Gasteiger partial charge >= 0.3 is 6.18 Å². The molecule has 716 valence electrons. The summed E-state index contributed by atoms with van der Waals surface area (Å²) in [6, 6.07) is 50.8. The van der Waals surface area contributed by atoms with Gasteiger partial charge in [-0.2, -0.15) is 37.3 Å². The summed E-state index contributed by atoms with van der Waals surface area (Å²) in [4.78, 5) is 83.0. The Kier molecular flexibility index (Phi) is 29.2. The Bertz CT molecular complexity index is 7410. The Morgan fingerprint density at radius 2 is 1.19 bits per heavy atom. The molecule has 0 amide bonds. The molecular formula is C100H105F3N20O11S4. The smallest absolute Gasteiger partial charge is 0.400 e. The van der Waals surface area contributed by atoms with Crippen molar-refractivity contribution in [2.24, 2.45) is 5.92 Å². The van der Waals surface area contributed by atoms with E-state index in [1.54, 1.807) is 73.0 Å². The number of halogens is 3. The van der Waals surface area contributed by atoms with Crippen LogP contribution in [0.25, 0.3) is 44.2 Å². The van der Waals surface area contributed by atoms with Crippen LogP contribution in [0.1, 0.15) is 115 Å².